The van der Waals surface area contributed by atoms with Gasteiger partial charge < -0.3 is 4.90 Å². The van der Waals surface area contributed by atoms with Crippen molar-refractivity contribution in [2.45, 2.75) is 18.4 Å². The van der Waals surface area contributed by atoms with E-state index in [1.807, 2.05) is 31.2 Å². The van der Waals surface area contributed by atoms with Crippen LogP contribution in [0.2, 0.25) is 0 Å². The van der Waals surface area contributed by atoms with Gasteiger partial charge in [0.25, 0.3) is 0 Å². The van der Waals surface area contributed by atoms with E-state index < -0.39 is 21.7 Å². The van der Waals surface area contributed by atoms with Crippen molar-refractivity contribution in [2.75, 3.05) is 20.1 Å². The number of carbonyl (C=O) groups excluding carboxylic acids is 1. The summed E-state index contributed by atoms with van der Waals surface area (Å²) in [6, 6.07) is 12.1. The number of benzene rings is 2. The Morgan fingerprint density at radius 1 is 1.11 bits per heavy atom. The number of amides is 1. The minimum atomic E-state index is -3.91. The normalized spacial score (nSPS) is 11.2. The number of hydrogen-bond donors (Lipinski definition) is 0. The summed E-state index contributed by atoms with van der Waals surface area (Å²) < 4.78 is 39.0. The molecule has 2 aromatic rings. The molecule has 7 heteroatoms. The highest BCUT2D eigenvalue weighted by molar-refractivity contribution is 7.89. The van der Waals surface area contributed by atoms with Gasteiger partial charge in [-0.05, 0) is 36.8 Å². The van der Waals surface area contributed by atoms with Gasteiger partial charge in [-0.25, -0.2) is 12.8 Å². The summed E-state index contributed by atoms with van der Waals surface area (Å²) in [5.41, 5.74) is 1.99. The van der Waals surface area contributed by atoms with Crippen LogP contribution in [-0.2, 0) is 21.4 Å². The molecular weight excluding hydrogens is 367 g/mol. The summed E-state index contributed by atoms with van der Waals surface area (Å²) in [6.07, 6.45) is 5.36. The van der Waals surface area contributed by atoms with Crippen molar-refractivity contribution in [1.82, 2.24) is 9.21 Å². The number of halogens is 1. The maximum atomic E-state index is 13.0. The lowest BCUT2D eigenvalue weighted by atomic mass is 10.1. The fraction of sp³-hybridized carbons (Fsp3) is 0.250. The standard InChI is InChI=1S/C20H21FN2O3S/c1-4-13-23(14-17-7-5-16(2)6-8-17)20(24)15-22(3)27(25,26)19-11-9-18(21)10-12-19/h1,5-12H,13-15H2,2-3H3. The van der Waals surface area contributed by atoms with Gasteiger partial charge >= 0.3 is 0 Å². The minimum Gasteiger partial charge on any atom is -0.326 e. The Kier molecular flexibility index (Phi) is 6.72. The van der Waals surface area contributed by atoms with Crippen molar-refractivity contribution in [3.05, 3.63) is 65.5 Å². The zero-order valence-corrected chi connectivity index (χ0v) is 16.0. The van der Waals surface area contributed by atoms with E-state index in [9.17, 15) is 17.6 Å². The van der Waals surface area contributed by atoms with Crippen LogP contribution in [0.4, 0.5) is 4.39 Å². The molecule has 0 aromatic heterocycles. The van der Waals surface area contributed by atoms with E-state index in [1.165, 1.54) is 11.9 Å². The fourth-order valence-electron chi connectivity index (χ4n) is 2.42. The predicted octanol–water partition coefficient (Wildman–Crippen LogP) is 2.42. The highest BCUT2D eigenvalue weighted by atomic mass is 32.2. The van der Waals surface area contributed by atoms with Crippen LogP contribution in [0, 0.1) is 25.1 Å². The molecule has 0 aliphatic heterocycles. The average molecular weight is 388 g/mol. The number of carbonyl (C=O) groups is 1. The molecule has 2 rings (SSSR count). The smallest absolute Gasteiger partial charge is 0.243 e. The summed E-state index contributed by atoms with van der Waals surface area (Å²) >= 11 is 0. The van der Waals surface area contributed by atoms with Gasteiger partial charge in [0.1, 0.15) is 5.82 Å². The van der Waals surface area contributed by atoms with Crippen LogP contribution >= 0.6 is 0 Å². The molecule has 0 atom stereocenters. The summed E-state index contributed by atoms with van der Waals surface area (Å²) in [5, 5.41) is 0. The third-order valence-electron chi connectivity index (χ3n) is 4.01. The first-order valence-corrected chi connectivity index (χ1v) is 9.66. The van der Waals surface area contributed by atoms with E-state index >= 15 is 0 Å². The number of terminal acetylenes is 1. The molecule has 0 fully saturated rings. The Balaban J connectivity index is 2.12. The number of nitrogens with zero attached hydrogens (tertiary/aromatic N) is 2. The van der Waals surface area contributed by atoms with E-state index in [2.05, 4.69) is 5.92 Å². The number of rotatable bonds is 7. The van der Waals surface area contributed by atoms with Gasteiger partial charge in [0.2, 0.25) is 15.9 Å². The lowest BCUT2D eigenvalue weighted by Crippen LogP contribution is -2.41. The minimum absolute atomic E-state index is 0.0666. The van der Waals surface area contributed by atoms with Crippen molar-refractivity contribution >= 4 is 15.9 Å². The van der Waals surface area contributed by atoms with Gasteiger partial charge in [-0.2, -0.15) is 4.31 Å². The van der Waals surface area contributed by atoms with Crippen molar-refractivity contribution in [1.29, 1.82) is 0 Å². The van der Waals surface area contributed by atoms with E-state index in [-0.39, 0.29) is 24.5 Å². The van der Waals surface area contributed by atoms with E-state index in [0.29, 0.717) is 0 Å². The molecule has 2 aromatic carbocycles. The Morgan fingerprint density at radius 3 is 2.26 bits per heavy atom. The van der Waals surface area contributed by atoms with E-state index in [4.69, 9.17) is 6.42 Å². The third kappa shape index (κ3) is 5.39. The summed E-state index contributed by atoms with van der Waals surface area (Å²) in [5.74, 6) is 1.47. The zero-order chi connectivity index (χ0) is 20.0. The molecule has 0 spiro atoms. The Labute approximate surface area is 159 Å². The monoisotopic (exact) mass is 388 g/mol. The molecule has 5 nitrogen and oxygen atoms in total. The first kappa shape index (κ1) is 20.6. The van der Waals surface area contributed by atoms with Crippen LogP contribution in [0.5, 0.6) is 0 Å². The first-order chi connectivity index (χ1) is 12.7. The van der Waals surface area contributed by atoms with Gasteiger partial charge in [0.05, 0.1) is 18.0 Å². The Hall–Kier alpha value is -2.69. The van der Waals surface area contributed by atoms with Crippen molar-refractivity contribution < 1.29 is 17.6 Å². The molecule has 1 amide bonds. The predicted molar refractivity (Wildman–Crippen MR) is 102 cm³/mol. The average Bonchev–Trinajstić information content (AvgIpc) is 2.63. The maximum Gasteiger partial charge on any atom is 0.243 e. The van der Waals surface area contributed by atoms with Crippen LogP contribution in [-0.4, -0.2) is 43.7 Å². The van der Waals surface area contributed by atoms with Crippen molar-refractivity contribution in [3.8, 4) is 12.3 Å². The van der Waals surface area contributed by atoms with Crippen LogP contribution < -0.4 is 0 Å². The topological polar surface area (TPSA) is 57.7 Å². The lowest BCUT2D eigenvalue weighted by Gasteiger charge is -2.24. The quantitative estimate of drug-likeness (QED) is 0.685. The molecule has 0 N–H and O–H groups in total. The van der Waals surface area contributed by atoms with E-state index in [1.54, 1.807) is 0 Å². The summed E-state index contributed by atoms with van der Waals surface area (Å²) in [7, 11) is -2.61. The highest BCUT2D eigenvalue weighted by Crippen LogP contribution is 2.15. The first-order valence-electron chi connectivity index (χ1n) is 8.22. The molecule has 0 saturated carbocycles. The van der Waals surface area contributed by atoms with Gasteiger partial charge in [0.15, 0.2) is 0 Å². The fourth-order valence-corrected chi connectivity index (χ4v) is 3.54. The van der Waals surface area contributed by atoms with Gasteiger partial charge in [-0.1, -0.05) is 35.7 Å². The van der Waals surface area contributed by atoms with Gasteiger partial charge in [0, 0.05) is 13.6 Å². The number of aryl methyl sites for hydroxylation is 1. The second kappa shape index (κ2) is 8.80. The van der Waals surface area contributed by atoms with Crippen LogP contribution in [0.1, 0.15) is 11.1 Å². The second-order valence-electron chi connectivity index (χ2n) is 6.15. The molecule has 0 aliphatic carbocycles. The summed E-state index contributed by atoms with van der Waals surface area (Å²) in [6.45, 7) is 1.95. The van der Waals surface area contributed by atoms with Crippen LogP contribution in [0.3, 0.4) is 0 Å². The van der Waals surface area contributed by atoms with Gasteiger partial charge in [-0.3, -0.25) is 4.79 Å². The molecule has 0 radical (unpaired) electrons. The molecule has 0 saturated heterocycles. The Morgan fingerprint density at radius 2 is 1.70 bits per heavy atom. The molecule has 0 unspecified atom stereocenters. The van der Waals surface area contributed by atoms with E-state index in [0.717, 1.165) is 39.7 Å². The lowest BCUT2D eigenvalue weighted by molar-refractivity contribution is -0.131. The maximum absolute atomic E-state index is 13.0. The molecule has 0 aliphatic rings. The summed E-state index contributed by atoms with van der Waals surface area (Å²) in [4.78, 5) is 13.9. The molecule has 0 bridgehead atoms. The van der Waals surface area contributed by atoms with Crippen molar-refractivity contribution in [2.24, 2.45) is 0 Å². The number of sulfonamides is 1. The largest absolute Gasteiger partial charge is 0.326 e. The van der Waals surface area contributed by atoms with Crippen LogP contribution in [0.25, 0.3) is 0 Å². The molecule has 0 heterocycles. The zero-order valence-electron chi connectivity index (χ0n) is 15.2. The molecule has 142 valence electrons. The second-order valence-corrected chi connectivity index (χ2v) is 8.20. The Bertz CT molecular complexity index is 933. The van der Waals surface area contributed by atoms with Gasteiger partial charge in [-0.15, -0.1) is 6.42 Å². The number of likely N-dealkylation sites (N-methyl/N-ethyl adjacent to an activating group) is 1. The SMILES string of the molecule is C#CCN(Cc1ccc(C)cc1)C(=O)CN(C)S(=O)(=O)c1ccc(F)cc1. The van der Waals surface area contributed by atoms with Crippen molar-refractivity contribution in [3.63, 3.8) is 0 Å². The number of hydrogen-bond acceptors (Lipinski definition) is 3. The molecular formula is C20H21FN2O3S. The van der Waals surface area contributed by atoms with Crippen LogP contribution in [0.15, 0.2) is 53.4 Å². The molecule has 27 heavy (non-hydrogen) atoms. The highest BCUT2D eigenvalue weighted by Gasteiger charge is 2.25. The third-order valence-corrected chi connectivity index (χ3v) is 5.83.